The van der Waals surface area contributed by atoms with Crippen molar-refractivity contribution in [3.63, 3.8) is 0 Å². The molecule has 0 aliphatic carbocycles. The summed E-state index contributed by atoms with van der Waals surface area (Å²) in [5, 5.41) is 9.32. The Bertz CT molecular complexity index is 290. The van der Waals surface area contributed by atoms with Crippen molar-refractivity contribution in [2.24, 2.45) is 0 Å². The minimum atomic E-state index is -0.220. The normalized spacial score (nSPS) is 22.3. The van der Waals surface area contributed by atoms with E-state index < -0.39 is 0 Å². The molecular formula is C8H10IN3O. The van der Waals surface area contributed by atoms with E-state index in [1.165, 1.54) is 0 Å². The van der Waals surface area contributed by atoms with Crippen LogP contribution in [0.25, 0.3) is 0 Å². The van der Waals surface area contributed by atoms with Gasteiger partial charge in [0.2, 0.25) is 5.95 Å². The van der Waals surface area contributed by atoms with Crippen LogP contribution in [0.4, 0.5) is 5.95 Å². The number of rotatable bonds is 1. The van der Waals surface area contributed by atoms with Crippen LogP contribution >= 0.6 is 22.6 Å². The molecule has 13 heavy (non-hydrogen) atoms. The van der Waals surface area contributed by atoms with Crippen molar-refractivity contribution in [1.29, 1.82) is 0 Å². The Hall–Kier alpha value is -0.430. The standard InChI is InChI=1S/C8H10IN3O/c9-6-3-10-8(11-4-6)12-2-1-7(13)5-12/h3-4,7,13H,1-2,5H2/t7-/m1/s1. The molecule has 1 aliphatic rings. The van der Waals surface area contributed by atoms with Crippen molar-refractivity contribution in [2.75, 3.05) is 18.0 Å². The van der Waals surface area contributed by atoms with Crippen molar-refractivity contribution in [3.8, 4) is 0 Å². The van der Waals surface area contributed by atoms with Gasteiger partial charge in [0, 0.05) is 29.1 Å². The highest BCUT2D eigenvalue weighted by molar-refractivity contribution is 14.1. The number of nitrogens with zero attached hydrogens (tertiary/aromatic N) is 3. The minimum Gasteiger partial charge on any atom is -0.391 e. The number of aromatic nitrogens is 2. The summed E-state index contributed by atoms with van der Waals surface area (Å²) in [5.74, 6) is 0.719. The van der Waals surface area contributed by atoms with Gasteiger partial charge in [-0.25, -0.2) is 9.97 Å². The molecule has 0 unspecified atom stereocenters. The summed E-state index contributed by atoms with van der Waals surface area (Å²) in [6.07, 6.45) is 4.17. The molecule has 1 aromatic heterocycles. The number of hydrogen-bond acceptors (Lipinski definition) is 4. The summed E-state index contributed by atoms with van der Waals surface area (Å²) in [5.41, 5.74) is 0. The summed E-state index contributed by atoms with van der Waals surface area (Å²) >= 11 is 2.17. The van der Waals surface area contributed by atoms with Crippen LogP contribution in [-0.4, -0.2) is 34.3 Å². The van der Waals surface area contributed by atoms with E-state index in [1.54, 1.807) is 12.4 Å². The van der Waals surface area contributed by atoms with Gasteiger partial charge in [-0.2, -0.15) is 0 Å². The summed E-state index contributed by atoms with van der Waals surface area (Å²) in [6, 6.07) is 0. The molecule has 2 heterocycles. The van der Waals surface area contributed by atoms with Gasteiger partial charge in [-0.05, 0) is 29.0 Å². The molecule has 1 N–H and O–H groups in total. The topological polar surface area (TPSA) is 49.2 Å². The third-order valence-electron chi connectivity index (χ3n) is 2.05. The van der Waals surface area contributed by atoms with Crippen molar-refractivity contribution < 1.29 is 5.11 Å². The number of hydrogen-bond donors (Lipinski definition) is 1. The van der Waals surface area contributed by atoms with Crippen LogP contribution in [-0.2, 0) is 0 Å². The fourth-order valence-corrected chi connectivity index (χ4v) is 1.67. The van der Waals surface area contributed by atoms with E-state index in [9.17, 15) is 5.11 Å². The number of aliphatic hydroxyl groups is 1. The van der Waals surface area contributed by atoms with E-state index in [2.05, 4.69) is 32.6 Å². The Morgan fingerprint density at radius 2 is 2.15 bits per heavy atom. The van der Waals surface area contributed by atoms with Gasteiger partial charge < -0.3 is 10.0 Å². The van der Waals surface area contributed by atoms with E-state index >= 15 is 0 Å². The fourth-order valence-electron chi connectivity index (χ4n) is 1.39. The minimum absolute atomic E-state index is 0.220. The first-order valence-corrected chi connectivity index (χ1v) is 5.24. The smallest absolute Gasteiger partial charge is 0.225 e. The van der Waals surface area contributed by atoms with Crippen molar-refractivity contribution in [2.45, 2.75) is 12.5 Å². The predicted octanol–water partition coefficient (Wildman–Crippen LogP) is 0.652. The lowest BCUT2D eigenvalue weighted by Gasteiger charge is -2.14. The summed E-state index contributed by atoms with van der Waals surface area (Å²) in [7, 11) is 0. The Balaban J connectivity index is 2.13. The molecule has 1 fully saturated rings. The SMILES string of the molecule is O[C@@H]1CCN(c2ncc(I)cn2)C1. The van der Waals surface area contributed by atoms with E-state index in [4.69, 9.17) is 0 Å². The van der Waals surface area contributed by atoms with Crippen molar-refractivity contribution in [3.05, 3.63) is 16.0 Å². The fraction of sp³-hybridized carbons (Fsp3) is 0.500. The third-order valence-corrected chi connectivity index (χ3v) is 2.61. The van der Waals surface area contributed by atoms with Crippen LogP contribution in [0.5, 0.6) is 0 Å². The molecule has 1 saturated heterocycles. The molecule has 0 saturated carbocycles. The largest absolute Gasteiger partial charge is 0.391 e. The van der Waals surface area contributed by atoms with Gasteiger partial charge in [-0.15, -0.1) is 0 Å². The summed E-state index contributed by atoms with van der Waals surface area (Å²) < 4.78 is 1.03. The molecular weight excluding hydrogens is 281 g/mol. The van der Waals surface area contributed by atoms with Gasteiger partial charge in [0.1, 0.15) is 0 Å². The molecule has 4 nitrogen and oxygen atoms in total. The first kappa shape index (κ1) is 9.14. The average Bonchev–Trinajstić information content (AvgIpc) is 2.53. The lowest BCUT2D eigenvalue weighted by atomic mass is 10.3. The molecule has 1 atom stereocenters. The lowest BCUT2D eigenvalue weighted by molar-refractivity contribution is 0.198. The van der Waals surface area contributed by atoms with Crippen molar-refractivity contribution >= 4 is 28.5 Å². The zero-order valence-electron chi connectivity index (χ0n) is 7.02. The molecule has 0 spiro atoms. The molecule has 1 aliphatic heterocycles. The van der Waals surface area contributed by atoms with E-state index in [0.717, 1.165) is 22.5 Å². The van der Waals surface area contributed by atoms with Crippen LogP contribution in [0.1, 0.15) is 6.42 Å². The number of halogens is 1. The molecule has 70 valence electrons. The molecule has 0 aromatic carbocycles. The summed E-state index contributed by atoms with van der Waals surface area (Å²) in [6.45, 7) is 1.50. The second-order valence-electron chi connectivity index (χ2n) is 3.09. The molecule has 2 rings (SSSR count). The maximum atomic E-state index is 9.32. The zero-order chi connectivity index (χ0) is 9.26. The van der Waals surface area contributed by atoms with E-state index in [-0.39, 0.29) is 6.10 Å². The quantitative estimate of drug-likeness (QED) is 0.772. The maximum Gasteiger partial charge on any atom is 0.225 e. The van der Waals surface area contributed by atoms with Gasteiger partial charge in [-0.1, -0.05) is 0 Å². The van der Waals surface area contributed by atoms with Crippen LogP contribution in [0, 0.1) is 3.57 Å². The maximum absolute atomic E-state index is 9.32. The molecule has 0 amide bonds. The van der Waals surface area contributed by atoms with Crippen molar-refractivity contribution in [1.82, 2.24) is 9.97 Å². The molecule has 0 bridgehead atoms. The monoisotopic (exact) mass is 291 g/mol. The Morgan fingerprint density at radius 3 is 2.69 bits per heavy atom. The molecule has 1 aromatic rings. The number of aliphatic hydroxyl groups excluding tert-OH is 1. The average molecular weight is 291 g/mol. The van der Waals surface area contributed by atoms with Gasteiger partial charge in [-0.3, -0.25) is 0 Å². The Kier molecular flexibility index (Phi) is 2.63. The Morgan fingerprint density at radius 1 is 1.46 bits per heavy atom. The second kappa shape index (κ2) is 3.75. The highest BCUT2D eigenvalue weighted by Gasteiger charge is 2.21. The summed E-state index contributed by atoms with van der Waals surface area (Å²) in [4.78, 5) is 10.4. The van der Waals surface area contributed by atoms with E-state index in [0.29, 0.717) is 6.54 Å². The first-order chi connectivity index (χ1) is 6.25. The van der Waals surface area contributed by atoms with E-state index in [1.807, 2.05) is 4.90 Å². The zero-order valence-corrected chi connectivity index (χ0v) is 9.18. The highest BCUT2D eigenvalue weighted by Crippen LogP contribution is 2.15. The number of β-amino-alcohol motifs (C(OH)–C–C–N with tert-alkyl or cyclic N) is 1. The predicted molar refractivity (Wildman–Crippen MR) is 57.6 cm³/mol. The van der Waals surface area contributed by atoms with Crippen LogP contribution in [0.3, 0.4) is 0 Å². The van der Waals surface area contributed by atoms with Gasteiger partial charge in [0.15, 0.2) is 0 Å². The van der Waals surface area contributed by atoms with Gasteiger partial charge >= 0.3 is 0 Å². The van der Waals surface area contributed by atoms with Gasteiger partial charge in [0.05, 0.1) is 6.10 Å². The van der Waals surface area contributed by atoms with Crippen LogP contribution in [0.2, 0.25) is 0 Å². The van der Waals surface area contributed by atoms with Crippen LogP contribution < -0.4 is 4.90 Å². The second-order valence-corrected chi connectivity index (χ2v) is 4.34. The van der Waals surface area contributed by atoms with Crippen LogP contribution in [0.15, 0.2) is 12.4 Å². The first-order valence-electron chi connectivity index (χ1n) is 4.16. The number of anilines is 1. The molecule has 5 heteroatoms. The highest BCUT2D eigenvalue weighted by atomic mass is 127. The van der Waals surface area contributed by atoms with Gasteiger partial charge in [0.25, 0.3) is 0 Å². The lowest BCUT2D eigenvalue weighted by Crippen LogP contribution is -2.23. The molecule has 0 radical (unpaired) electrons. The Labute approximate surface area is 90.1 Å². The third kappa shape index (κ3) is 2.08.